The number of anilines is 1. The predicted molar refractivity (Wildman–Crippen MR) is 111 cm³/mol. The number of benzene rings is 2. The predicted octanol–water partition coefficient (Wildman–Crippen LogP) is 2.24. The topological polar surface area (TPSA) is 139 Å². The molecule has 1 heterocycles. The van der Waals surface area contributed by atoms with Gasteiger partial charge in [0.05, 0.1) is 25.0 Å². The summed E-state index contributed by atoms with van der Waals surface area (Å²) in [6.45, 7) is 1.96. The molecule has 2 aromatic carbocycles. The van der Waals surface area contributed by atoms with E-state index in [0.29, 0.717) is 0 Å². The van der Waals surface area contributed by atoms with Crippen LogP contribution in [0.5, 0.6) is 5.75 Å². The Balaban J connectivity index is 1.98. The number of carboxylic acid groups (broad SMARTS) is 1. The van der Waals surface area contributed by atoms with Crippen LogP contribution in [-0.2, 0) is 14.3 Å². The number of rotatable bonds is 6. The number of nitrogens with one attached hydrogen (secondary N) is 1. The van der Waals surface area contributed by atoms with Crippen molar-refractivity contribution in [3.63, 3.8) is 0 Å². The number of hydrogen-bond acceptors (Lipinski definition) is 7. The Morgan fingerprint density at radius 3 is 2.38 bits per heavy atom. The van der Waals surface area contributed by atoms with Gasteiger partial charge in [-0.3, -0.25) is 14.9 Å². The average molecular weight is 438 g/mol. The molecule has 0 unspecified atom stereocenters. The van der Waals surface area contributed by atoms with Gasteiger partial charge in [-0.2, -0.15) is 0 Å². The number of imide groups is 2. The average Bonchev–Trinajstić information content (AvgIpc) is 2.77. The van der Waals surface area contributed by atoms with Gasteiger partial charge in [-0.1, -0.05) is 6.07 Å². The summed E-state index contributed by atoms with van der Waals surface area (Å²) >= 11 is 0. The Morgan fingerprint density at radius 1 is 1.09 bits per heavy atom. The highest BCUT2D eigenvalue weighted by atomic mass is 16.5. The van der Waals surface area contributed by atoms with E-state index in [1.807, 2.05) is 0 Å². The molecule has 2 N–H and O–H groups in total. The fourth-order valence-corrected chi connectivity index (χ4v) is 3.01. The third kappa shape index (κ3) is 4.33. The zero-order valence-electron chi connectivity index (χ0n) is 17.1. The fourth-order valence-electron chi connectivity index (χ4n) is 3.01. The summed E-state index contributed by atoms with van der Waals surface area (Å²) in [6.07, 6.45) is 1.18. The first-order chi connectivity index (χ1) is 15.3. The van der Waals surface area contributed by atoms with Crippen molar-refractivity contribution >= 4 is 41.5 Å². The molecule has 10 heteroatoms. The minimum atomic E-state index is -1.24. The SMILES string of the molecule is CCOc1ccc(/C=C2\C(=O)NC(=O)N(c3ccc(C(=O)OC)cc3)C2=O)cc1C(=O)O. The van der Waals surface area contributed by atoms with E-state index in [4.69, 9.17) is 4.74 Å². The summed E-state index contributed by atoms with van der Waals surface area (Å²) in [5.74, 6) is -3.52. The standard InChI is InChI=1S/C22H18N2O8/c1-3-32-17-9-4-12(10-15(17)20(27)28)11-16-18(25)23-22(30)24(19(16)26)14-7-5-13(6-8-14)21(29)31-2/h4-11H,3H2,1-2H3,(H,27,28)(H,23,25,30)/b16-11+. The zero-order valence-corrected chi connectivity index (χ0v) is 17.1. The Labute approximate surface area is 182 Å². The summed E-state index contributed by atoms with van der Waals surface area (Å²) in [4.78, 5) is 61.4. The van der Waals surface area contributed by atoms with E-state index in [9.17, 15) is 29.1 Å². The van der Waals surface area contributed by atoms with Gasteiger partial charge in [0, 0.05) is 0 Å². The van der Waals surface area contributed by atoms with Gasteiger partial charge in [0.25, 0.3) is 11.8 Å². The number of ether oxygens (including phenoxy) is 2. The van der Waals surface area contributed by atoms with Crippen LogP contribution < -0.4 is 15.0 Å². The van der Waals surface area contributed by atoms with Gasteiger partial charge in [0.15, 0.2) is 0 Å². The van der Waals surface area contributed by atoms with Crippen LogP contribution in [0, 0.1) is 0 Å². The summed E-state index contributed by atoms with van der Waals surface area (Å²) in [5, 5.41) is 11.5. The molecule has 1 aliphatic rings. The number of urea groups is 1. The van der Waals surface area contributed by atoms with Crippen LogP contribution in [0.1, 0.15) is 33.2 Å². The summed E-state index contributed by atoms with van der Waals surface area (Å²) in [7, 11) is 1.22. The van der Waals surface area contributed by atoms with Crippen molar-refractivity contribution in [3.8, 4) is 5.75 Å². The number of carboxylic acids is 1. The highest BCUT2D eigenvalue weighted by Crippen LogP contribution is 2.25. The highest BCUT2D eigenvalue weighted by Gasteiger charge is 2.37. The van der Waals surface area contributed by atoms with Crippen LogP contribution in [0.3, 0.4) is 0 Å². The second-order valence-corrected chi connectivity index (χ2v) is 6.49. The number of hydrogen-bond donors (Lipinski definition) is 2. The van der Waals surface area contributed by atoms with Crippen LogP contribution >= 0.6 is 0 Å². The van der Waals surface area contributed by atoms with Gasteiger partial charge in [0.2, 0.25) is 0 Å². The summed E-state index contributed by atoms with van der Waals surface area (Å²) in [6, 6.07) is 8.65. The largest absolute Gasteiger partial charge is 0.493 e. The normalized spacial score (nSPS) is 14.9. The first-order valence-corrected chi connectivity index (χ1v) is 9.36. The van der Waals surface area contributed by atoms with Gasteiger partial charge in [-0.15, -0.1) is 0 Å². The van der Waals surface area contributed by atoms with Crippen LogP contribution in [-0.4, -0.2) is 48.6 Å². The van der Waals surface area contributed by atoms with E-state index in [0.717, 1.165) is 4.90 Å². The van der Waals surface area contributed by atoms with Crippen molar-refractivity contribution in [1.82, 2.24) is 5.32 Å². The van der Waals surface area contributed by atoms with E-state index in [-0.39, 0.29) is 40.3 Å². The van der Waals surface area contributed by atoms with Crippen LogP contribution in [0.2, 0.25) is 0 Å². The lowest BCUT2D eigenvalue weighted by molar-refractivity contribution is -0.122. The molecule has 3 rings (SSSR count). The number of methoxy groups -OCH3 is 1. The third-order valence-corrected chi connectivity index (χ3v) is 4.49. The molecule has 4 amide bonds. The number of nitrogens with zero attached hydrogens (tertiary/aromatic N) is 1. The van der Waals surface area contributed by atoms with Crippen molar-refractivity contribution in [3.05, 3.63) is 64.7 Å². The molecule has 2 aromatic rings. The quantitative estimate of drug-likeness (QED) is 0.398. The molecule has 10 nitrogen and oxygen atoms in total. The Kier molecular flexibility index (Phi) is 6.34. The van der Waals surface area contributed by atoms with Gasteiger partial charge < -0.3 is 14.6 Å². The first-order valence-electron chi connectivity index (χ1n) is 9.36. The number of aromatic carboxylic acids is 1. The summed E-state index contributed by atoms with van der Waals surface area (Å²) in [5.41, 5.74) is 0.0676. The second kappa shape index (κ2) is 9.13. The smallest absolute Gasteiger partial charge is 0.339 e. The van der Waals surface area contributed by atoms with Gasteiger partial charge in [-0.05, 0) is 55.0 Å². The molecule has 0 aromatic heterocycles. The van der Waals surface area contributed by atoms with Gasteiger partial charge >= 0.3 is 18.0 Å². The number of carbonyl (C=O) groups is 5. The van der Waals surface area contributed by atoms with Crippen molar-refractivity contribution in [2.45, 2.75) is 6.92 Å². The number of carbonyl (C=O) groups excluding carboxylic acids is 4. The molecule has 0 atom stereocenters. The van der Waals surface area contributed by atoms with Gasteiger partial charge in [0.1, 0.15) is 16.9 Å². The molecule has 1 aliphatic heterocycles. The molecule has 0 spiro atoms. The minimum Gasteiger partial charge on any atom is -0.493 e. The Bertz CT molecular complexity index is 1150. The fraction of sp³-hybridized carbons (Fsp3) is 0.136. The summed E-state index contributed by atoms with van der Waals surface area (Å²) < 4.78 is 9.88. The monoisotopic (exact) mass is 438 g/mol. The van der Waals surface area contributed by atoms with Crippen LogP contribution in [0.4, 0.5) is 10.5 Å². The molecule has 0 aliphatic carbocycles. The lowest BCUT2D eigenvalue weighted by atomic mass is 10.0. The number of amides is 4. The van der Waals surface area contributed by atoms with Crippen LogP contribution in [0.25, 0.3) is 6.08 Å². The maximum Gasteiger partial charge on any atom is 0.339 e. The van der Waals surface area contributed by atoms with E-state index < -0.39 is 29.8 Å². The molecule has 0 radical (unpaired) electrons. The number of esters is 1. The van der Waals surface area contributed by atoms with E-state index in [1.54, 1.807) is 6.92 Å². The Hall–Kier alpha value is -4.47. The minimum absolute atomic E-state index is 0.122. The van der Waals surface area contributed by atoms with E-state index in [1.165, 1.54) is 55.7 Å². The zero-order chi connectivity index (χ0) is 23.4. The maximum absolute atomic E-state index is 13.0. The molecule has 32 heavy (non-hydrogen) atoms. The van der Waals surface area contributed by atoms with Crippen molar-refractivity contribution in [2.75, 3.05) is 18.6 Å². The lowest BCUT2D eigenvalue weighted by Crippen LogP contribution is -2.54. The van der Waals surface area contributed by atoms with Gasteiger partial charge in [-0.25, -0.2) is 19.3 Å². The molecule has 1 saturated heterocycles. The van der Waals surface area contributed by atoms with Crippen molar-refractivity contribution < 1.29 is 38.6 Å². The van der Waals surface area contributed by atoms with E-state index in [2.05, 4.69) is 10.1 Å². The Morgan fingerprint density at radius 2 is 1.78 bits per heavy atom. The molecule has 164 valence electrons. The highest BCUT2D eigenvalue weighted by molar-refractivity contribution is 6.39. The van der Waals surface area contributed by atoms with Crippen molar-refractivity contribution in [1.29, 1.82) is 0 Å². The maximum atomic E-state index is 13.0. The molecule has 1 fully saturated rings. The number of barbiturate groups is 1. The second-order valence-electron chi connectivity index (χ2n) is 6.49. The lowest BCUT2D eigenvalue weighted by Gasteiger charge is -2.26. The molecule has 0 bridgehead atoms. The van der Waals surface area contributed by atoms with E-state index >= 15 is 0 Å². The van der Waals surface area contributed by atoms with Crippen LogP contribution in [0.15, 0.2) is 48.0 Å². The third-order valence-electron chi connectivity index (χ3n) is 4.49. The first kappa shape index (κ1) is 22.2. The molecule has 0 saturated carbocycles. The molecular weight excluding hydrogens is 420 g/mol. The molecular formula is C22H18N2O8. The van der Waals surface area contributed by atoms with Crippen molar-refractivity contribution in [2.24, 2.45) is 0 Å².